The molecule has 17 heavy (non-hydrogen) atoms. The summed E-state index contributed by atoms with van der Waals surface area (Å²) >= 11 is 0. The number of oxazole rings is 1. The van der Waals surface area contributed by atoms with Gasteiger partial charge in [0.25, 0.3) is 0 Å². The van der Waals surface area contributed by atoms with Crippen molar-refractivity contribution in [1.29, 1.82) is 0 Å². The van der Waals surface area contributed by atoms with Gasteiger partial charge in [-0.15, -0.1) is 0 Å². The maximum absolute atomic E-state index is 5.69. The zero-order chi connectivity index (χ0) is 12.4. The molecule has 3 heteroatoms. The highest BCUT2D eigenvalue weighted by molar-refractivity contribution is 5.73. The van der Waals surface area contributed by atoms with E-state index in [1.165, 1.54) is 5.56 Å². The number of benzene rings is 1. The Balaban J connectivity index is 2.39. The third-order valence-electron chi connectivity index (χ3n) is 3.23. The van der Waals surface area contributed by atoms with E-state index in [4.69, 9.17) is 10.2 Å². The number of hydrogen-bond donors (Lipinski definition) is 1. The van der Waals surface area contributed by atoms with Gasteiger partial charge in [0.2, 0.25) is 0 Å². The van der Waals surface area contributed by atoms with Gasteiger partial charge in [0.15, 0.2) is 11.5 Å². The lowest BCUT2D eigenvalue weighted by atomic mass is 9.86. The van der Waals surface area contributed by atoms with Crippen molar-refractivity contribution in [3.8, 4) is 0 Å². The quantitative estimate of drug-likeness (QED) is 0.880. The Morgan fingerprint density at radius 1 is 1.35 bits per heavy atom. The molecular formula is C14H20N2O. The van der Waals surface area contributed by atoms with Crippen molar-refractivity contribution in [2.24, 2.45) is 11.7 Å². The Bertz CT molecular complexity index is 502. The van der Waals surface area contributed by atoms with Gasteiger partial charge in [-0.3, -0.25) is 0 Å². The number of nitrogens with two attached hydrogens (primary N) is 1. The first-order valence-corrected chi connectivity index (χ1v) is 6.19. The molecule has 3 nitrogen and oxygen atoms in total. The van der Waals surface area contributed by atoms with Gasteiger partial charge < -0.3 is 10.2 Å². The summed E-state index contributed by atoms with van der Waals surface area (Å²) in [4.78, 5) is 4.31. The van der Waals surface area contributed by atoms with Crippen LogP contribution in [-0.4, -0.2) is 11.5 Å². The second-order valence-corrected chi connectivity index (χ2v) is 4.89. The van der Waals surface area contributed by atoms with Crippen molar-refractivity contribution in [2.45, 2.75) is 33.1 Å². The molecule has 0 saturated carbocycles. The summed E-state index contributed by atoms with van der Waals surface area (Å²) < 4.78 is 5.57. The van der Waals surface area contributed by atoms with E-state index in [0.717, 1.165) is 30.0 Å². The largest absolute Gasteiger partial charge is 0.441 e. The molecule has 2 rings (SSSR count). The lowest BCUT2D eigenvalue weighted by Gasteiger charge is -2.20. The average Bonchev–Trinajstić information content (AvgIpc) is 2.64. The molecule has 0 aliphatic heterocycles. The minimum absolute atomic E-state index is 0.495. The Morgan fingerprint density at radius 2 is 2.12 bits per heavy atom. The zero-order valence-corrected chi connectivity index (χ0v) is 10.7. The van der Waals surface area contributed by atoms with E-state index < -0.39 is 0 Å². The third kappa shape index (κ3) is 2.50. The van der Waals surface area contributed by atoms with E-state index in [2.05, 4.69) is 31.0 Å². The van der Waals surface area contributed by atoms with Crippen LogP contribution >= 0.6 is 0 Å². The van der Waals surface area contributed by atoms with Crippen molar-refractivity contribution in [3.63, 3.8) is 0 Å². The summed E-state index contributed by atoms with van der Waals surface area (Å²) in [7, 11) is 0. The molecule has 2 aromatic rings. The molecule has 0 radical (unpaired) electrons. The first-order valence-electron chi connectivity index (χ1n) is 6.19. The van der Waals surface area contributed by atoms with Gasteiger partial charge in [-0.1, -0.05) is 19.9 Å². The second-order valence-electron chi connectivity index (χ2n) is 4.89. The van der Waals surface area contributed by atoms with Crippen LogP contribution in [0.2, 0.25) is 0 Å². The topological polar surface area (TPSA) is 52.0 Å². The zero-order valence-electron chi connectivity index (χ0n) is 10.7. The lowest BCUT2D eigenvalue weighted by Crippen LogP contribution is -2.12. The fourth-order valence-electron chi connectivity index (χ4n) is 2.35. The molecule has 0 saturated heterocycles. The van der Waals surface area contributed by atoms with Crippen LogP contribution in [0.4, 0.5) is 0 Å². The highest BCUT2D eigenvalue weighted by Gasteiger charge is 2.16. The van der Waals surface area contributed by atoms with E-state index in [-0.39, 0.29) is 0 Å². The Morgan fingerprint density at radius 3 is 2.76 bits per heavy atom. The van der Waals surface area contributed by atoms with Crippen LogP contribution in [0.1, 0.15) is 37.6 Å². The van der Waals surface area contributed by atoms with Crippen molar-refractivity contribution < 1.29 is 4.42 Å². The van der Waals surface area contributed by atoms with Crippen LogP contribution in [-0.2, 0) is 0 Å². The molecule has 92 valence electrons. The van der Waals surface area contributed by atoms with E-state index in [0.29, 0.717) is 11.8 Å². The highest BCUT2D eigenvalue weighted by Crippen LogP contribution is 2.29. The SMILES string of the molecule is Cc1nc2ccc(C(CCN)C(C)C)cc2o1. The maximum Gasteiger partial charge on any atom is 0.192 e. The highest BCUT2D eigenvalue weighted by atomic mass is 16.3. The number of aromatic nitrogens is 1. The first kappa shape index (κ1) is 12.1. The predicted octanol–water partition coefficient (Wildman–Crippen LogP) is 3.22. The normalized spacial score (nSPS) is 13.5. The number of fused-ring (bicyclic) bond motifs is 1. The number of rotatable bonds is 4. The summed E-state index contributed by atoms with van der Waals surface area (Å²) in [6.45, 7) is 7.06. The number of hydrogen-bond acceptors (Lipinski definition) is 3. The van der Waals surface area contributed by atoms with Gasteiger partial charge in [0.1, 0.15) is 5.52 Å². The van der Waals surface area contributed by atoms with Gasteiger partial charge in [-0.05, 0) is 42.5 Å². The smallest absolute Gasteiger partial charge is 0.192 e. The molecule has 0 spiro atoms. The molecule has 1 aromatic carbocycles. The van der Waals surface area contributed by atoms with Crippen LogP contribution in [0.15, 0.2) is 22.6 Å². The average molecular weight is 232 g/mol. The fourth-order valence-corrected chi connectivity index (χ4v) is 2.35. The van der Waals surface area contributed by atoms with Crippen molar-refractivity contribution in [3.05, 3.63) is 29.7 Å². The molecule has 1 aromatic heterocycles. The predicted molar refractivity (Wildman–Crippen MR) is 70.0 cm³/mol. The monoisotopic (exact) mass is 232 g/mol. The van der Waals surface area contributed by atoms with Crippen LogP contribution in [0.5, 0.6) is 0 Å². The van der Waals surface area contributed by atoms with Gasteiger partial charge >= 0.3 is 0 Å². The Hall–Kier alpha value is -1.35. The molecular weight excluding hydrogens is 212 g/mol. The molecule has 0 fully saturated rings. The van der Waals surface area contributed by atoms with E-state index in [1.54, 1.807) is 0 Å². The Kier molecular flexibility index (Phi) is 3.48. The van der Waals surface area contributed by atoms with Gasteiger partial charge in [0.05, 0.1) is 0 Å². The fraction of sp³-hybridized carbons (Fsp3) is 0.500. The van der Waals surface area contributed by atoms with Crippen LogP contribution in [0, 0.1) is 12.8 Å². The standard InChI is InChI=1S/C14H20N2O/c1-9(2)12(6-7-15)11-4-5-13-14(8-11)17-10(3)16-13/h4-5,8-9,12H,6-7,15H2,1-3H3. The van der Waals surface area contributed by atoms with Gasteiger partial charge in [-0.2, -0.15) is 0 Å². The lowest BCUT2D eigenvalue weighted by molar-refractivity contribution is 0.472. The number of nitrogens with zero attached hydrogens (tertiary/aromatic N) is 1. The molecule has 0 bridgehead atoms. The summed E-state index contributed by atoms with van der Waals surface area (Å²) in [5, 5.41) is 0. The first-order chi connectivity index (χ1) is 8.11. The van der Waals surface area contributed by atoms with Crippen LogP contribution < -0.4 is 5.73 Å². The molecule has 0 amide bonds. The summed E-state index contributed by atoms with van der Waals surface area (Å²) in [5.41, 5.74) is 8.80. The van der Waals surface area contributed by atoms with Gasteiger partial charge in [-0.25, -0.2) is 4.98 Å². The Labute approximate surface area is 102 Å². The van der Waals surface area contributed by atoms with Crippen molar-refractivity contribution >= 4 is 11.1 Å². The molecule has 1 heterocycles. The second kappa shape index (κ2) is 4.88. The third-order valence-corrected chi connectivity index (χ3v) is 3.23. The minimum Gasteiger partial charge on any atom is -0.441 e. The molecule has 0 aliphatic rings. The summed E-state index contributed by atoms with van der Waals surface area (Å²) in [5.74, 6) is 1.80. The van der Waals surface area contributed by atoms with E-state index >= 15 is 0 Å². The molecule has 0 aliphatic carbocycles. The van der Waals surface area contributed by atoms with Crippen molar-refractivity contribution in [2.75, 3.05) is 6.54 Å². The summed E-state index contributed by atoms with van der Waals surface area (Å²) in [6, 6.07) is 6.29. The maximum atomic E-state index is 5.69. The van der Waals surface area contributed by atoms with E-state index in [9.17, 15) is 0 Å². The van der Waals surface area contributed by atoms with E-state index in [1.807, 2.05) is 13.0 Å². The number of aryl methyl sites for hydroxylation is 1. The van der Waals surface area contributed by atoms with Gasteiger partial charge in [0, 0.05) is 6.92 Å². The van der Waals surface area contributed by atoms with Crippen LogP contribution in [0.3, 0.4) is 0 Å². The summed E-state index contributed by atoms with van der Waals surface area (Å²) in [6.07, 6.45) is 1.01. The molecule has 1 unspecified atom stereocenters. The molecule has 2 N–H and O–H groups in total. The van der Waals surface area contributed by atoms with Crippen LogP contribution in [0.25, 0.3) is 11.1 Å². The van der Waals surface area contributed by atoms with Crippen molar-refractivity contribution in [1.82, 2.24) is 4.98 Å². The minimum atomic E-state index is 0.495. The molecule has 1 atom stereocenters.